The van der Waals surface area contributed by atoms with Gasteiger partial charge in [0.15, 0.2) is 0 Å². The third-order valence-electron chi connectivity index (χ3n) is 10.6. The molecule has 1 N–H and O–H groups in total. The Balaban J connectivity index is 2.28. The molecule has 1 heterocycles. The van der Waals surface area contributed by atoms with Crippen LogP contribution in [0.15, 0.2) is 47.3 Å². The molecule has 292 valence electrons. The van der Waals surface area contributed by atoms with Gasteiger partial charge in [-0.05, 0) is 110 Å². The van der Waals surface area contributed by atoms with Gasteiger partial charge in [0.2, 0.25) is 0 Å². The van der Waals surface area contributed by atoms with Crippen molar-refractivity contribution in [2.24, 2.45) is 5.92 Å². The van der Waals surface area contributed by atoms with Gasteiger partial charge in [-0.25, -0.2) is 0 Å². The van der Waals surface area contributed by atoms with E-state index in [1.807, 2.05) is 0 Å². The molecular formula is C47H88NOP. The minimum absolute atomic E-state index is 0.203. The molecular weight excluding hydrogens is 625 g/mol. The Morgan fingerprint density at radius 2 is 0.920 bits per heavy atom. The summed E-state index contributed by atoms with van der Waals surface area (Å²) in [5.41, 5.74) is 1.44. The lowest BCUT2D eigenvalue weighted by Gasteiger charge is -2.34. The fraction of sp³-hybridized carbons (Fsp3) is 0.830. The molecule has 2 unspecified atom stereocenters. The molecule has 0 saturated heterocycles. The van der Waals surface area contributed by atoms with Crippen molar-refractivity contribution < 1.29 is 5.11 Å². The van der Waals surface area contributed by atoms with Crippen LogP contribution in [0.5, 0.6) is 0 Å². The topological polar surface area (TPSA) is 23.5 Å². The zero-order valence-electron chi connectivity index (χ0n) is 34.6. The summed E-state index contributed by atoms with van der Waals surface area (Å²) >= 11 is 0. The first-order chi connectivity index (χ1) is 24.5. The van der Waals surface area contributed by atoms with Gasteiger partial charge in [0.25, 0.3) is 0 Å². The monoisotopic (exact) mass is 714 g/mol. The molecule has 0 saturated carbocycles. The fourth-order valence-electron chi connectivity index (χ4n) is 7.33. The Hall–Kier alpha value is -0.690. The zero-order chi connectivity index (χ0) is 36.3. The number of unbranched alkanes of at least 4 members (excludes halogenated alkanes) is 24. The molecule has 0 radical (unpaired) electrons. The van der Waals surface area contributed by atoms with Crippen molar-refractivity contribution in [2.75, 3.05) is 25.8 Å². The molecule has 1 aliphatic rings. The van der Waals surface area contributed by atoms with Gasteiger partial charge in [-0.1, -0.05) is 185 Å². The minimum Gasteiger partial charge on any atom is -0.387 e. The van der Waals surface area contributed by atoms with E-state index >= 15 is 0 Å². The van der Waals surface area contributed by atoms with Crippen molar-refractivity contribution in [3.05, 3.63) is 47.3 Å². The first kappa shape index (κ1) is 47.3. The van der Waals surface area contributed by atoms with Crippen LogP contribution in [-0.2, 0) is 0 Å². The highest BCUT2D eigenvalue weighted by Gasteiger charge is 2.28. The molecule has 0 bridgehead atoms. The van der Waals surface area contributed by atoms with Gasteiger partial charge in [0.1, 0.15) is 0 Å². The van der Waals surface area contributed by atoms with Crippen LogP contribution in [0, 0.1) is 5.92 Å². The van der Waals surface area contributed by atoms with E-state index in [9.17, 15) is 5.11 Å². The number of hydrogen-bond acceptors (Lipinski definition) is 2. The van der Waals surface area contributed by atoms with E-state index < -0.39 is 7.92 Å². The normalized spacial score (nSPS) is 16.0. The summed E-state index contributed by atoms with van der Waals surface area (Å²) in [4.78, 5) is 2.64. The third kappa shape index (κ3) is 27.9. The minimum atomic E-state index is -0.491. The molecule has 0 spiro atoms. The molecule has 2 nitrogen and oxygen atoms in total. The number of aliphatic hydroxyl groups excluding tert-OH is 1. The van der Waals surface area contributed by atoms with Gasteiger partial charge < -0.3 is 10.0 Å². The molecule has 0 amide bonds. The quantitative estimate of drug-likeness (QED) is 0.0397. The van der Waals surface area contributed by atoms with Crippen LogP contribution >= 0.6 is 7.92 Å². The summed E-state index contributed by atoms with van der Waals surface area (Å²) in [5.74, 6) is 0.325. The van der Waals surface area contributed by atoms with E-state index in [4.69, 9.17) is 0 Å². The highest BCUT2D eigenvalue weighted by atomic mass is 31.1. The maximum atomic E-state index is 11.6. The van der Waals surface area contributed by atoms with Gasteiger partial charge in [-0.3, -0.25) is 0 Å². The average molecular weight is 714 g/mol. The average Bonchev–Trinajstić information content (AvgIpc) is 3.10. The highest BCUT2D eigenvalue weighted by molar-refractivity contribution is 7.62. The lowest BCUT2D eigenvalue weighted by atomic mass is 10.1. The third-order valence-corrected chi connectivity index (χ3v) is 13.7. The van der Waals surface area contributed by atoms with Gasteiger partial charge in [0.05, 0.1) is 5.85 Å². The number of rotatable bonds is 36. The standard InChI is InChI=1S/C47H88NOP/c1-6-8-10-12-14-16-18-20-22-24-26-28-30-32-34-36-40-48(42-47(49)50-43-45(5)38-39-46(50)44(3)4)41-37-35-33-31-29-27-25-23-21-19-17-15-13-11-9-7-2/h20-23,38-39,44,47,49H,6-19,24-37,40-43H2,1-5H3/b22-20-,23-21-. The first-order valence-electron chi connectivity index (χ1n) is 22.3. The van der Waals surface area contributed by atoms with Crippen LogP contribution in [0.2, 0.25) is 0 Å². The summed E-state index contributed by atoms with van der Waals surface area (Å²) < 4.78 is 0. The van der Waals surface area contributed by atoms with Crippen molar-refractivity contribution in [2.45, 2.75) is 220 Å². The molecule has 0 aromatic heterocycles. The Morgan fingerprint density at radius 3 is 1.30 bits per heavy atom. The Bertz CT molecular complexity index is 815. The van der Waals surface area contributed by atoms with Crippen LogP contribution in [0.25, 0.3) is 0 Å². The largest absolute Gasteiger partial charge is 0.387 e. The summed E-state index contributed by atoms with van der Waals surface area (Å²) in [6.45, 7) is 14.6. The van der Waals surface area contributed by atoms with E-state index in [0.717, 1.165) is 25.8 Å². The van der Waals surface area contributed by atoms with Crippen molar-refractivity contribution in [1.29, 1.82) is 0 Å². The maximum absolute atomic E-state index is 11.6. The molecule has 2 atom stereocenters. The van der Waals surface area contributed by atoms with Crippen molar-refractivity contribution >= 4 is 7.92 Å². The molecule has 0 aromatic rings. The number of aliphatic hydroxyl groups is 1. The summed E-state index contributed by atoms with van der Waals surface area (Å²) in [5, 5.41) is 13.1. The lowest BCUT2D eigenvalue weighted by molar-refractivity contribution is 0.165. The molecule has 0 aliphatic carbocycles. The lowest BCUT2D eigenvalue weighted by Crippen LogP contribution is -2.34. The zero-order valence-corrected chi connectivity index (χ0v) is 35.5. The predicted molar refractivity (Wildman–Crippen MR) is 230 cm³/mol. The highest BCUT2D eigenvalue weighted by Crippen LogP contribution is 2.54. The molecule has 0 fully saturated rings. The van der Waals surface area contributed by atoms with Gasteiger partial charge in [0, 0.05) is 6.54 Å². The second-order valence-electron chi connectivity index (χ2n) is 16.0. The molecule has 50 heavy (non-hydrogen) atoms. The fourth-order valence-corrected chi connectivity index (χ4v) is 10.1. The van der Waals surface area contributed by atoms with E-state index in [-0.39, 0.29) is 5.85 Å². The van der Waals surface area contributed by atoms with Crippen LogP contribution in [0.1, 0.15) is 214 Å². The van der Waals surface area contributed by atoms with E-state index in [0.29, 0.717) is 5.92 Å². The van der Waals surface area contributed by atoms with Crippen LogP contribution < -0.4 is 0 Å². The van der Waals surface area contributed by atoms with Crippen LogP contribution in [0.3, 0.4) is 0 Å². The second-order valence-corrected chi connectivity index (χ2v) is 18.4. The Labute approximate surface area is 316 Å². The van der Waals surface area contributed by atoms with Gasteiger partial charge in [-0.2, -0.15) is 0 Å². The van der Waals surface area contributed by atoms with Crippen LogP contribution in [-0.4, -0.2) is 41.6 Å². The molecule has 1 rings (SSSR count). The van der Waals surface area contributed by atoms with E-state index in [1.165, 1.54) is 191 Å². The summed E-state index contributed by atoms with van der Waals surface area (Å²) in [7, 11) is -0.491. The molecule has 0 aromatic carbocycles. The summed E-state index contributed by atoms with van der Waals surface area (Å²) in [6.07, 6.45) is 53.5. The van der Waals surface area contributed by atoms with Crippen molar-refractivity contribution in [1.82, 2.24) is 4.90 Å². The summed E-state index contributed by atoms with van der Waals surface area (Å²) in [6, 6.07) is 0. The smallest absolute Gasteiger partial charge is 0.0898 e. The number of allylic oxidation sites excluding steroid dienone is 8. The van der Waals surface area contributed by atoms with Gasteiger partial charge >= 0.3 is 0 Å². The van der Waals surface area contributed by atoms with E-state index in [2.05, 4.69) is 76.0 Å². The maximum Gasteiger partial charge on any atom is 0.0898 e. The Morgan fingerprint density at radius 1 is 0.560 bits per heavy atom. The molecule has 1 aliphatic heterocycles. The molecule has 3 heteroatoms. The van der Waals surface area contributed by atoms with Crippen LogP contribution in [0.4, 0.5) is 0 Å². The van der Waals surface area contributed by atoms with E-state index in [1.54, 1.807) is 0 Å². The first-order valence-corrected chi connectivity index (χ1v) is 23.9. The van der Waals surface area contributed by atoms with Crippen molar-refractivity contribution in [3.63, 3.8) is 0 Å². The SMILES string of the molecule is CCCCCCCC/C=C\CCCCCCCCN(CCCCCCCC/C=C\CCCCCCCC)CC(O)P1CC(C)=CC=C1C(C)C. The van der Waals surface area contributed by atoms with Gasteiger partial charge in [-0.15, -0.1) is 0 Å². The second kappa shape index (κ2) is 35.3. The Kier molecular flexibility index (Phi) is 33.5. The number of hydrogen-bond donors (Lipinski definition) is 1. The number of nitrogens with zero attached hydrogens (tertiary/aromatic N) is 1. The predicted octanol–water partition coefficient (Wildman–Crippen LogP) is 15.7. The van der Waals surface area contributed by atoms with Crippen molar-refractivity contribution in [3.8, 4) is 0 Å².